The van der Waals surface area contributed by atoms with E-state index >= 15 is 0 Å². The topological polar surface area (TPSA) is 16.4 Å². The van der Waals surface area contributed by atoms with Gasteiger partial charge in [0, 0.05) is 22.1 Å². The lowest BCUT2D eigenvalue weighted by Gasteiger charge is -2.26. The number of nitrogens with zero attached hydrogens (tertiary/aromatic N) is 1. The Hall–Kier alpha value is -8.46. The van der Waals surface area contributed by atoms with Crippen LogP contribution in [0.5, 0.6) is 0 Å². The predicted octanol–water partition coefficient (Wildman–Crippen LogP) is 17.8. The molecule has 12 aromatic carbocycles. The zero-order valence-electron chi connectivity index (χ0n) is 34.9. The van der Waals surface area contributed by atoms with Crippen LogP contribution in [-0.4, -0.2) is 0 Å². The Morgan fingerprint density at radius 3 is 1.53 bits per heavy atom. The largest absolute Gasteiger partial charge is 0.454 e. The van der Waals surface area contributed by atoms with Crippen LogP contribution < -0.4 is 4.90 Å². The molecule has 2 heteroatoms. The zero-order chi connectivity index (χ0) is 42.1. The molecule has 0 bridgehead atoms. The van der Waals surface area contributed by atoms with Crippen LogP contribution in [0.15, 0.2) is 241 Å². The van der Waals surface area contributed by atoms with Gasteiger partial charge in [0.05, 0.1) is 5.69 Å². The third kappa shape index (κ3) is 6.03. The van der Waals surface area contributed by atoms with Gasteiger partial charge in [-0.2, -0.15) is 0 Å². The van der Waals surface area contributed by atoms with E-state index in [0.29, 0.717) is 0 Å². The van der Waals surface area contributed by atoms with Crippen molar-refractivity contribution in [3.8, 4) is 33.4 Å². The molecule has 13 aromatic rings. The van der Waals surface area contributed by atoms with Crippen molar-refractivity contribution in [2.24, 2.45) is 0 Å². The van der Waals surface area contributed by atoms with Crippen LogP contribution in [0.4, 0.5) is 17.1 Å². The van der Waals surface area contributed by atoms with Gasteiger partial charge in [-0.25, -0.2) is 0 Å². The summed E-state index contributed by atoms with van der Waals surface area (Å²) in [6.07, 6.45) is 0. The van der Waals surface area contributed by atoms with E-state index in [4.69, 9.17) is 4.42 Å². The standard InChI is InChI=1S/C62H39NO/c1-2-12-45-35-47(21-19-40(45)9-1)50-25-24-48-36-46(22-23-49(48)37-50)41-27-31-53(32-28-41)63(59-18-8-17-58-61-57-15-6-4-11-44(57)30-34-60(61)64-62(58)59)54-33-29-42-20-26-51(38-52(42)39-54)56-16-7-13-43-10-3-5-14-55(43)56/h1-39H. The van der Waals surface area contributed by atoms with Gasteiger partial charge < -0.3 is 9.32 Å². The summed E-state index contributed by atoms with van der Waals surface area (Å²) in [5.41, 5.74) is 12.1. The molecule has 0 amide bonds. The van der Waals surface area contributed by atoms with E-state index in [2.05, 4.69) is 241 Å². The molecule has 0 N–H and O–H groups in total. The van der Waals surface area contributed by atoms with E-state index in [9.17, 15) is 0 Å². The Bertz CT molecular complexity index is 3960. The maximum Gasteiger partial charge on any atom is 0.159 e. The van der Waals surface area contributed by atoms with Gasteiger partial charge in [-0.1, -0.05) is 176 Å². The quantitative estimate of drug-likeness (QED) is 0.166. The molecule has 298 valence electrons. The van der Waals surface area contributed by atoms with Crippen molar-refractivity contribution in [3.05, 3.63) is 237 Å². The van der Waals surface area contributed by atoms with Gasteiger partial charge in [-0.15, -0.1) is 0 Å². The number of fused-ring (bicyclic) bond motifs is 9. The van der Waals surface area contributed by atoms with Gasteiger partial charge in [0.15, 0.2) is 5.58 Å². The minimum atomic E-state index is 0.861. The van der Waals surface area contributed by atoms with E-state index in [-0.39, 0.29) is 0 Å². The van der Waals surface area contributed by atoms with Crippen LogP contribution in [0.3, 0.4) is 0 Å². The van der Waals surface area contributed by atoms with Gasteiger partial charge in [0.2, 0.25) is 0 Å². The van der Waals surface area contributed by atoms with Gasteiger partial charge in [-0.3, -0.25) is 0 Å². The molecule has 1 aromatic heterocycles. The molecule has 0 atom stereocenters. The molecule has 1 heterocycles. The van der Waals surface area contributed by atoms with E-state index in [1.165, 1.54) is 81.7 Å². The predicted molar refractivity (Wildman–Crippen MR) is 272 cm³/mol. The molecular weight excluding hydrogens is 775 g/mol. The Labute approximate surface area is 370 Å². The van der Waals surface area contributed by atoms with Crippen molar-refractivity contribution in [2.75, 3.05) is 4.90 Å². The third-order valence-electron chi connectivity index (χ3n) is 13.2. The van der Waals surface area contributed by atoms with Crippen LogP contribution in [0.1, 0.15) is 0 Å². The van der Waals surface area contributed by atoms with Crippen LogP contribution in [0.2, 0.25) is 0 Å². The van der Waals surface area contributed by atoms with Crippen molar-refractivity contribution in [1.82, 2.24) is 0 Å². The van der Waals surface area contributed by atoms with Crippen molar-refractivity contribution in [3.63, 3.8) is 0 Å². The highest BCUT2D eigenvalue weighted by Crippen LogP contribution is 2.45. The molecule has 0 aliphatic heterocycles. The first-order valence-electron chi connectivity index (χ1n) is 22.0. The average Bonchev–Trinajstić information content (AvgIpc) is 3.76. The first-order valence-corrected chi connectivity index (χ1v) is 22.0. The summed E-state index contributed by atoms with van der Waals surface area (Å²) in [6.45, 7) is 0. The number of furan rings is 1. The maximum atomic E-state index is 6.87. The summed E-state index contributed by atoms with van der Waals surface area (Å²) in [6, 6.07) is 86.1. The van der Waals surface area contributed by atoms with Gasteiger partial charge >= 0.3 is 0 Å². The number of hydrogen-bond acceptors (Lipinski definition) is 2. The second-order valence-corrected chi connectivity index (χ2v) is 16.9. The Balaban J connectivity index is 0.926. The highest BCUT2D eigenvalue weighted by Gasteiger charge is 2.21. The van der Waals surface area contributed by atoms with Crippen molar-refractivity contribution in [1.29, 1.82) is 0 Å². The fourth-order valence-electron chi connectivity index (χ4n) is 9.95. The number of hydrogen-bond donors (Lipinski definition) is 0. The van der Waals surface area contributed by atoms with E-state index in [1.54, 1.807) is 0 Å². The van der Waals surface area contributed by atoms with E-state index in [1.807, 2.05) is 0 Å². The molecule has 64 heavy (non-hydrogen) atoms. The highest BCUT2D eigenvalue weighted by molar-refractivity contribution is 6.21. The summed E-state index contributed by atoms with van der Waals surface area (Å²) in [5, 5.41) is 14.5. The number of benzene rings is 12. The summed E-state index contributed by atoms with van der Waals surface area (Å²) < 4.78 is 6.87. The summed E-state index contributed by atoms with van der Waals surface area (Å²) in [7, 11) is 0. The maximum absolute atomic E-state index is 6.87. The second-order valence-electron chi connectivity index (χ2n) is 16.9. The SMILES string of the molecule is c1ccc2cc(-c3ccc4cc(-c5ccc(N(c6ccc7ccc(-c8cccc9ccccc89)cc7c6)c6cccc7c6oc6ccc8ccccc8c67)cc5)ccc4c3)ccc2c1. The summed E-state index contributed by atoms with van der Waals surface area (Å²) in [4.78, 5) is 2.36. The monoisotopic (exact) mass is 813 g/mol. The second kappa shape index (κ2) is 14.6. The van der Waals surface area contributed by atoms with Crippen LogP contribution in [0.25, 0.3) is 109 Å². The Morgan fingerprint density at radius 1 is 0.281 bits per heavy atom. The fraction of sp³-hybridized carbons (Fsp3) is 0. The fourth-order valence-corrected chi connectivity index (χ4v) is 9.95. The Kier molecular flexibility index (Phi) is 8.25. The lowest BCUT2D eigenvalue weighted by atomic mass is 9.96. The smallest absolute Gasteiger partial charge is 0.159 e. The molecule has 13 rings (SSSR count). The molecule has 2 nitrogen and oxygen atoms in total. The molecule has 0 fully saturated rings. The molecule has 0 unspecified atom stereocenters. The van der Waals surface area contributed by atoms with Crippen LogP contribution in [-0.2, 0) is 0 Å². The molecule has 0 saturated carbocycles. The van der Waals surface area contributed by atoms with Crippen molar-refractivity contribution >= 4 is 92.9 Å². The van der Waals surface area contributed by atoms with Crippen molar-refractivity contribution in [2.45, 2.75) is 0 Å². The molecule has 0 aliphatic rings. The zero-order valence-corrected chi connectivity index (χ0v) is 34.9. The number of para-hydroxylation sites is 1. The van der Waals surface area contributed by atoms with Gasteiger partial charge in [0.1, 0.15) is 5.58 Å². The average molecular weight is 814 g/mol. The first-order chi connectivity index (χ1) is 31.7. The third-order valence-corrected chi connectivity index (χ3v) is 13.2. The van der Waals surface area contributed by atoms with Gasteiger partial charge in [-0.05, 0) is 148 Å². The lowest BCUT2D eigenvalue weighted by molar-refractivity contribution is 0.669. The molecule has 0 radical (unpaired) electrons. The summed E-state index contributed by atoms with van der Waals surface area (Å²) in [5.74, 6) is 0. The Morgan fingerprint density at radius 2 is 0.766 bits per heavy atom. The minimum absolute atomic E-state index is 0.861. The molecule has 0 saturated heterocycles. The van der Waals surface area contributed by atoms with Crippen LogP contribution >= 0.6 is 0 Å². The first kappa shape index (κ1) is 36.2. The molecule has 0 spiro atoms. The van der Waals surface area contributed by atoms with E-state index < -0.39 is 0 Å². The number of rotatable bonds is 6. The van der Waals surface area contributed by atoms with Crippen LogP contribution in [0, 0.1) is 0 Å². The summed E-state index contributed by atoms with van der Waals surface area (Å²) >= 11 is 0. The van der Waals surface area contributed by atoms with Gasteiger partial charge in [0.25, 0.3) is 0 Å². The lowest BCUT2D eigenvalue weighted by Crippen LogP contribution is -2.10. The molecule has 0 aliphatic carbocycles. The number of anilines is 3. The normalized spacial score (nSPS) is 11.8. The minimum Gasteiger partial charge on any atom is -0.454 e. The van der Waals surface area contributed by atoms with Crippen molar-refractivity contribution < 1.29 is 4.42 Å². The highest BCUT2D eigenvalue weighted by atomic mass is 16.3. The van der Waals surface area contributed by atoms with E-state index in [0.717, 1.165) is 44.6 Å². The molecular formula is C62H39NO.